The minimum Gasteiger partial charge on any atom is -0.339 e. The van der Waals surface area contributed by atoms with Gasteiger partial charge in [-0.2, -0.15) is 0 Å². The highest BCUT2D eigenvalue weighted by atomic mass is 79.9. The summed E-state index contributed by atoms with van der Waals surface area (Å²) in [5, 5.41) is 0.760. The Morgan fingerprint density at radius 2 is 2.00 bits per heavy atom. The Morgan fingerprint density at radius 3 is 2.59 bits per heavy atom. The lowest BCUT2D eigenvalue weighted by Crippen LogP contribution is -2.38. The van der Waals surface area contributed by atoms with Crippen molar-refractivity contribution in [3.05, 3.63) is 33.3 Å². The number of piperidine rings is 1. The maximum Gasteiger partial charge on any atom is 0.253 e. The van der Waals surface area contributed by atoms with Crippen LogP contribution >= 0.6 is 39.1 Å². The van der Waals surface area contributed by atoms with E-state index in [0.717, 1.165) is 30.4 Å². The first kappa shape index (κ1) is 13.2. The van der Waals surface area contributed by atoms with Gasteiger partial charge in [-0.3, -0.25) is 4.79 Å². The molecule has 0 spiro atoms. The van der Waals surface area contributed by atoms with E-state index in [1.165, 1.54) is 0 Å². The number of alkyl halides is 1. The molecule has 5 heteroatoms. The van der Waals surface area contributed by atoms with Gasteiger partial charge in [0, 0.05) is 28.5 Å². The molecule has 1 aromatic carbocycles. The molecule has 1 saturated heterocycles. The lowest BCUT2D eigenvalue weighted by molar-refractivity contribution is 0.0726. The van der Waals surface area contributed by atoms with Crippen LogP contribution < -0.4 is 0 Å². The average molecular weight is 337 g/mol. The highest BCUT2D eigenvalue weighted by Crippen LogP contribution is 2.25. The molecule has 1 heterocycles. The lowest BCUT2D eigenvalue weighted by Gasteiger charge is -2.29. The molecule has 2 nitrogen and oxygen atoms in total. The molecular formula is C12H12BrCl2NO. The van der Waals surface area contributed by atoms with Crippen molar-refractivity contribution in [1.29, 1.82) is 0 Å². The van der Waals surface area contributed by atoms with Crippen LogP contribution in [0.4, 0.5) is 0 Å². The van der Waals surface area contributed by atoms with Gasteiger partial charge in [0.25, 0.3) is 5.91 Å². The molecule has 2 rings (SSSR count). The van der Waals surface area contributed by atoms with Crippen LogP contribution in [0, 0.1) is 0 Å². The van der Waals surface area contributed by atoms with Crippen LogP contribution in [0.1, 0.15) is 23.2 Å². The van der Waals surface area contributed by atoms with Crippen molar-refractivity contribution >= 4 is 45.0 Å². The molecule has 0 aliphatic carbocycles. The molecule has 17 heavy (non-hydrogen) atoms. The molecule has 1 aliphatic rings. The maximum absolute atomic E-state index is 12.2. The van der Waals surface area contributed by atoms with Gasteiger partial charge in [0.1, 0.15) is 0 Å². The van der Waals surface area contributed by atoms with Gasteiger partial charge in [-0.1, -0.05) is 11.6 Å². The smallest absolute Gasteiger partial charge is 0.253 e. The molecule has 0 unspecified atom stereocenters. The van der Waals surface area contributed by atoms with Crippen molar-refractivity contribution in [2.24, 2.45) is 0 Å². The summed E-state index contributed by atoms with van der Waals surface area (Å²) < 4.78 is 0.801. The van der Waals surface area contributed by atoms with E-state index < -0.39 is 0 Å². The summed E-state index contributed by atoms with van der Waals surface area (Å²) in [6.07, 6.45) is 1.72. The van der Waals surface area contributed by atoms with Gasteiger partial charge < -0.3 is 4.90 Å². The van der Waals surface area contributed by atoms with Crippen LogP contribution in [-0.2, 0) is 0 Å². The molecule has 0 radical (unpaired) electrons. The van der Waals surface area contributed by atoms with Crippen LogP contribution in [0.5, 0.6) is 0 Å². The Morgan fingerprint density at radius 1 is 1.35 bits per heavy atom. The van der Waals surface area contributed by atoms with E-state index in [0.29, 0.717) is 10.6 Å². The molecular weight excluding hydrogens is 325 g/mol. The minimum absolute atomic E-state index is 0.0305. The third kappa shape index (κ3) is 3.15. The lowest BCUT2D eigenvalue weighted by atomic mass is 10.1. The zero-order chi connectivity index (χ0) is 12.4. The van der Waals surface area contributed by atoms with Crippen LogP contribution in [0.3, 0.4) is 0 Å². The summed E-state index contributed by atoms with van der Waals surface area (Å²) in [5.74, 6) is 0.0305. The number of hydrogen-bond donors (Lipinski definition) is 0. The molecule has 92 valence electrons. The van der Waals surface area contributed by atoms with Crippen molar-refractivity contribution in [2.75, 3.05) is 13.1 Å². The molecule has 1 fully saturated rings. The third-order valence-electron chi connectivity index (χ3n) is 2.88. The Hall–Kier alpha value is -0.250. The molecule has 1 aliphatic heterocycles. The SMILES string of the molecule is O=C(c1ccc(Br)c(Cl)c1)N1CCC(Cl)CC1. The highest BCUT2D eigenvalue weighted by molar-refractivity contribution is 9.10. The second-order valence-corrected chi connectivity index (χ2v) is 5.97. The van der Waals surface area contributed by atoms with Gasteiger partial charge in [-0.15, -0.1) is 11.6 Å². The third-order valence-corrected chi connectivity index (χ3v) is 4.55. The van der Waals surface area contributed by atoms with Crippen molar-refractivity contribution in [2.45, 2.75) is 18.2 Å². The van der Waals surface area contributed by atoms with Gasteiger partial charge in [0.05, 0.1) is 5.02 Å². The standard InChI is InChI=1S/C12H12BrCl2NO/c13-10-2-1-8(7-11(10)15)12(17)16-5-3-9(14)4-6-16/h1-2,7,9H,3-6H2. The zero-order valence-corrected chi connectivity index (χ0v) is 12.2. The summed E-state index contributed by atoms with van der Waals surface area (Å²) in [6.45, 7) is 1.45. The number of benzene rings is 1. The number of likely N-dealkylation sites (tertiary alicyclic amines) is 1. The van der Waals surface area contributed by atoms with Gasteiger partial charge in [-0.25, -0.2) is 0 Å². The quantitative estimate of drug-likeness (QED) is 0.711. The molecule has 0 bridgehead atoms. The van der Waals surface area contributed by atoms with E-state index in [1.807, 2.05) is 4.90 Å². The van der Waals surface area contributed by atoms with Crippen molar-refractivity contribution in [1.82, 2.24) is 4.90 Å². The van der Waals surface area contributed by atoms with E-state index in [1.54, 1.807) is 18.2 Å². The first-order chi connectivity index (χ1) is 8.08. The van der Waals surface area contributed by atoms with Crippen LogP contribution in [0.2, 0.25) is 5.02 Å². The fraction of sp³-hybridized carbons (Fsp3) is 0.417. The Balaban J connectivity index is 2.11. The van der Waals surface area contributed by atoms with Crippen molar-refractivity contribution < 1.29 is 4.79 Å². The van der Waals surface area contributed by atoms with Gasteiger partial charge >= 0.3 is 0 Å². The maximum atomic E-state index is 12.2. The van der Waals surface area contributed by atoms with E-state index >= 15 is 0 Å². The molecule has 0 saturated carbocycles. The Labute approximate surface area is 119 Å². The summed E-state index contributed by atoms with van der Waals surface area (Å²) in [7, 11) is 0. The number of carbonyl (C=O) groups excluding carboxylic acids is 1. The predicted molar refractivity (Wildman–Crippen MR) is 73.9 cm³/mol. The second-order valence-electron chi connectivity index (χ2n) is 4.10. The zero-order valence-electron chi connectivity index (χ0n) is 9.13. The van der Waals surface area contributed by atoms with E-state index in [2.05, 4.69) is 15.9 Å². The van der Waals surface area contributed by atoms with Crippen molar-refractivity contribution in [3.63, 3.8) is 0 Å². The number of halogens is 3. The van der Waals surface area contributed by atoms with Gasteiger partial charge in [0.15, 0.2) is 0 Å². The Bertz CT molecular complexity index is 431. The number of hydrogen-bond acceptors (Lipinski definition) is 1. The molecule has 0 aromatic heterocycles. The van der Waals surface area contributed by atoms with Crippen LogP contribution in [0.25, 0.3) is 0 Å². The largest absolute Gasteiger partial charge is 0.339 e. The number of nitrogens with zero attached hydrogens (tertiary/aromatic N) is 1. The number of carbonyl (C=O) groups is 1. The number of rotatable bonds is 1. The van der Waals surface area contributed by atoms with E-state index in [-0.39, 0.29) is 11.3 Å². The first-order valence-electron chi connectivity index (χ1n) is 5.46. The predicted octanol–water partition coefficient (Wildman–Crippen LogP) is 3.95. The molecule has 0 N–H and O–H groups in total. The summed E-state index contributed by atoms with van der Waals surface area (Å²) in [6, 6.07) is 5.27. The summed E-state index contributed by atoms with van der Waals surface area (Å²) in [5.41, 5.74) is 0.631. The Kier molecular flexibility index (Phi) is 4.34. The fourth-order valence-corrected chi connectivity index (χ4v) is 2.49. The molecule has 1 aromatic rings. The first-order valence-corrected chi connectivity index (χ1v) is 7.07. The topological polar surface area (TPSA) is 20.3 Å². The minimum atomic E-state index is 0.0305. The molecule has 1 amide bonds. The summed E-state index contributed by atoms with van der Waals surface area (Å²) >= 11 is 15.3. The van der Waals surface area contributed by atoms with Crippen LogP contribution in [-0.4, -0.2) is 29.3 Å². The van der Waals surface area contributed by atoms with Gasteiger partial charge in [-0.05, 0) is 47.0 Å². The van der Waals surface area contributed by atoms with E-state index in [4.69, 9.17) is 23.2 Å². The van der Waals surface area contributed by atoms with Crippen LogP contribution in [0.15, 0.2) is 22.7 Å². The van der Waals surface area contributed by atoms with Crippen molar-refractivity contribution in [3.8, 4) is 0 Å². The normalized spacial score (nSPS) is 17.2. The second kappa shape index (κ2) is 5.59. The highest BCUT2D eigenvalue weighted by Gasteiger charge is 2.22. The molecule has 0 atom stereocenters. The average Bonchev–Trinajstić information content (AvgIpc) is 2.33. The summed E-state index contributed by atoms with van der Waals surface area (Å²) in [4.78, 5) is 14.0. The monoisotopic (exact) mass is 335 g/mol. The van der Waals surface area contributed by atoms with Gasteiger partial charge in [0.2, 0.25) is 0 Å². The van der Waals surface area contributed by atoms with E-state index in [9.17, 15) is 4.79 Å². The fourth-order valence-electron chi connectivity index (χ4n) is 1.86. The number of amides is 1.